The molecule has 0 saturated carbocycles. The van der Waals surface area contributed by atoms with Crippen molar-refractivity contribution in [1.82, 2.24) is 9.97 Å². The molecule has 1 heterocycles. The second-order valence-electron chi connectivity index (χ2n) is 5.21. The van der Waals surface area contributed by atoms with E-state index in [0.717, 1.165) is 0 Å². The van der Waals surface area contributed by atoms with Crippen LogP contribution in [0.15, 0.2) is 11.2 Å². The lowest BCUT2D eigenvalue weighted by Gasteiger charge is -2.30. The molecule has 2 unspecified atom stereocenters. The van der Waals surface area contributed by atoms with Crippen molar-refractivity contribution in [2.45, 2.75) is 37.3 Å². The van der Waals surface area contributed by atoms with Gasteiger partial charge in [-0.2, -0.15) is 15.2 Å². The number of ether oxygens (including phenoxy) is 2. The minimum Gasteiger partial charge on any atom is -0.481 e. The number of nitriles is 1. The topological polar surface area (TPSA) is 88.3 Å². The van der Waals surface area contributed by atoms with Gasteiger partial charge >= 0.3 is 0 Å². The first-order valence-corrected chi connectivity index (χ1v) is 6.91. The molecule has 0 aliphatic carbocycles. The van der Waals surface area contributed by atoms with Crippen molar-refractivity contribution in [1.29, 1.82) is 5.26 Å². The lowest BCUT2D eigenvalue weighted by molar-refractivity contribution is 0.177. The zero-order chi connectivity index (χ0) is 15.3. The number of aliphatic hydroxyl groups is 1. The summed E-state index contributed by atoms with van der Waals surface area (Å²) in [5.41, 5.74) is -0.292. The molecule has 1 aromatic rings. The van der Waals surface area contributed by atoms with Crippen LogP contribution in [0.5, 0.6) is 11.8 Å². The Kier molecular flexibility index (Phi) is 5.60. The quantitative estimate of drug-likeness (QED) is 0.504. The maximum atomic E-state index is 9.87. The van der Waals surface area contributed by atoms with Gasteiger partial charge in [-0.25, -0.2) is 0 Å². The highest BCUT2D eigenvalue weighted by Crippen LogP contribution is 2.37. The van der Waals surface area contributed by atoms with Crippen molar-refractivity contribution < 1.29 is 14.6 Å². The van der Waals surface area contributed by atoms with Crippen LogP contribution in [0, 0.1) is 16.7 Å². The Hall–Kier alpha value is -1.52. The van der Waals surface area contributed by atoms with Crippen LogP contribution in [0.25, 0.3) is 0 Å². The summed E-state index contributed by atoms with van der Waals surface area (Å²) in [5.74, 6) is 0.747. The third-order valence-electron chi connectivity index (χ3n) is 2.58. The standard InChI is InChI=1S/C13H19N3O3S/c1-13(2,3)11(8(17)7-14)20-12-15-9(18-4)6-10(16-12)19-5/h6,8,11,17H,1-5H3. The molecule has 110 valence electrons. The zero-order valence-electron chi connectivity index (χ0n) is 12.2. The van der Waals surface area contributed by atoms with Crippen molar-refractivity contribution in [3.05, 3.63) is 6.07 Å². The lowest BCUT2D eigenvalue weighted by atomic mass is 9.89. The molecule has 0 fully saturated rings. The molecule has 0 bridgehead atoms. The summed E-state index contributed by atoms with van der Waals surface area (Å²) in [6, 6.07) is 3.43. The molecular weight excluding hydrogens is 278 g/mol. The molecule has 0 aliphatic heterocycles. The molecule has 0 aromatic carbocycles. The second kappa shape index (κ2) is 6.77. The maximum Gasteiger partial charge on any atom is 0.220 e. The van der Waals surface area contributed by atoms with Gasteiger partial charge in [-0.05, 0) is 5.41 Å². The molecule has 6 nitrogen and oxygen atoms in total. The van der Waals surface area contributed by atoms with Crippen molar-refractivity contribution in [2.24, 2.45) is 5.41 Å². The Morgan fingerprint density at radius 3 is 2.10 bits per heavy atom. The fraction of sp³-hybridized carbons (Fsp3) is 0.615. The molecule has 2 atom stereocenters. The number of thioether (sulfide) groups is 1. The lowest BCUT2D eigenvalue weighted by Crippen LogP contribution is -2.34. The first-order valence-electron chi connectivity index (χ1n) is 6.03. The highest BCUT2D eigenvalue weighted by molar-refractivity contribution is 7.99. The van der Waals surface area contributed by atoms with Gasteiger partial charge in [0.15, 0.2) is 11.3 Å². The van der Waals surface area contributed by atoms with Crippen LogP contribution >= 0.6 is 11.8 Å². The molecular formula is C13H19N3O3S. The van der Waals surface area contributed by atoms with Crippen LogP contribution < -0.4 is 9.47 Å². The number of methoxy groups -OCH3 is 2. The summed E-state index contributed by atoms with van der Waals surface area (Å²) in [4.78, 5) is 8.40. The molecule has 1 rings (SSSR count). The van der Waals surface area contributed by atoms with Crippen LogP contribution in [-0.4, -0.2) is 40.6 Å². The van der Waals surface area contributed by atoms with E-state index in [0.29, 0.717) is 16.9 Å². The van der Waals surface area contributed by atoms with E-state index in [1.165, 1.54) is 26.0 Å². The summed E-state index contributed by atoms with van der Waals surface area (Å²) in [5, 5.41) is 18.8. The van der Waals surface area contributed by atoms with E-state index in [1.807, 2.05) is 26.8 Å². The van der Waals surface area contributed by atoms with E-state index < -0.39 is 6.10 Å². The average molecular weight is 297 g/mol. The number of rotatable bonds is 5. The fourth-order valence-electron chi connectivity index (χ4n) is 1.54. The summed E-state index contributed by atoms with van der Waals surface area (Å²) in [6.07, 6.45) is -1.11. The van der Waals surface area contributed by atoms with Crippen molar-refractivity contribution in [3.63, 3.8) is 0 Å². The molecule has 1 aromatic heterocycles. The average Bonchev–Trinajstić information content (AvgIpc) is 2.42. The smallest absolute Gasteiger partial charge is 0.220 e. The highest BCUT2D eigenvalue weighted by atomic mass is 32.2. The zero-order valence-corrected chi connectivity index (χ0v) is 13.1. The van der Waals surface area contributed by atoms with Gasteiger partial charge in [0.2, 0.25) is 11.8 Å². The fourth-order valence-corrected chi connectivity index (χ4v) is 2.60. The van der Waals surface area contributed by atoms with E-state index in [-0.39, 0.29) is 10.7 Å². The third kappa shape index (κ3) is 4.25. The summed E-state index contributed by atoms with van der Waals surface area (Å²) >= 11 is 1.23. The van der Waals surface area contributed by atoms with Gasteiger partial charge in [-0.15, -0.1) is 0 Å². The molecule has 0 spiro atoms. The Bertz CT molecular complexity index is 474. The molecule has 0 radical (unpaired) electrons. The second-order valence-corrected chi connectivity index (χ2v) is 6.32. The highest BCUT2D eigenvalue weighted by Gasteiger charge is 2.33. The van der Waals surface area contributed by atoms with E-state index >= 15 is 0 Å². The molecule has 0 saturated heterocycles. The van der Waals surface area contributed by atoms with E-state index in [4.69, 9.17) is 14.7 Å². The predicted octanol–water partition coefficient (Wildman–Crippen LogP) is 1.89. The van der Waals surface area contributed by atoms with Crippen molar-refractivity contribution >= 4 is 11.8 Å². The van der Waals surface area contributed by atoms with Gasteiger partial charge in [0.1, 0.15) is 0 Å². The van der Waals surface area contributed by atoms with Crippen LogP contribution in [0.3, 0.4) is 0 Å². The molecule has 7 heteroatoms. The van der Waals surface area contributed by atoms with Gasteiger partial charge in [0, 0.05) is 0 Å². The number of aliphatic hydroxyl groups excluding tert-OH is 1. The normalized spacial score (nSPS) is 14.2. The Balaban J connectivity index is 3.08. The summed E-state index contributed by atoms with van der Waals surface area (Å²) < 4.78 is 10.2. The largest absolute Gasteiger partial charge is 0.481 e. The van der Waals surface area contributed by atoms with E-state index in [1.54, 1.807) is 6.07 Å². The van der Waals surface area contributed by atoms with E-state index in [9.17, 15) is 5.11 Å². The Morgan fingerprint density at radius 2 is 1.75 bits per heavy atom. The van der Waals surface area contributed by atoms with Gasteiger partial charge in [0.25, 0.3) is 0 Å². The monoisotopic (exact) mass is 297 g/mol. The van der Waals surface area contributed by atoms with Gasteiger partial charge in [-0.3, -0.25) is 0 Å². The Morgan fingerprint density at radius 1 is 1.25 bits per heavy atom. The molecule has 1 N–H and O–H groups in total. The van der Waals surface area contributed by atoms with Crippen LogP contribution in [-0.2, 0) is 0 Å². The summed E-state index contributed by atoms with van der Waals surface area (Å²) in [6.45, 7) is 5.84. The minimum absolute atomic E-state index is 0.292. The molecule has 0 amide bonds. The molecule has 20 heavy (non-hydrogen) atoms. The van der Waals surface area contributed by atoms with Crippen LogP contribution in [0.1, 0.15) is 20.8 Å². The van der Waals surface area contributed by atoms with Gasteiger partial charge in [0.05, 0.1) is 31.6 Å². The van der Waals surface area contributed by atoms with Crippen LogP contribution in [0.2, 0.25) is 0 Å². The van der Waals surface area contributed by atoms with Crippen molar-refractivity contribution in [3.8, 4) is 17.8 Å². The van der Waals surface area contributed by atoms with Gasteiger partial charge in [-0.1, -0.05) is 32.5 Å². The number of hydrogen-bond donors (Lipinski definition) is 1. The minimum atomic E-state index is -1.11. The predicted molar refractivity (Wildman–Crippen MR) is 75.9 cm³/mol. The summed E-state index contributed by atoms with van der Waals surface area (Å²) in [7, 11) is 3.00. The van der Waals surface area contributed by atoms with E-state index in [2.05, 4.69) is 9.97 Å². The van der Waals surface area contributed by atoms with Crippen LogP contribution in [0.4, 0.5) is 0 Å². The number of hydrogen-bond acceptors (Lipinski definition) is 7. The first-order chi connectivity index (χ1) is 9.31. The first kappa shape index (κ1) is 16.5. The Labute approximate surface area is 123 Å². The molecule has 0 aliphatic rings. The third-order valence-corrected chi connectivity index (χ3v) is 4.19. The maximum absolute atomic E-state index is 9.87. The number of aromatic nitrogens is 2. The number of nitrogens with zero attached hydrogens (tertiary/aromatic N) is 3. The SMILES string of the molecule is COc1cc(OC)nc(SC(C(O)C#N)C(C)(C)C)n1. The van der Waals surface area contributed by atoms with Gasteiger partial charge < -0.3 is 14.6 Å². The van der Waals surface area contributed by atoms with Crippen molar-refractivity contribution in [2.75, 3.05) is 14.2 Å².